The third kappa shape index (κ3) is 6.38. The number of aryl methyl sites for hydroxylation is 2. The van der Waals surface area contributed by atoms with E-state index in [0.717, 1.165) is 24.0 Å². The van der Waals surface area contributed by atoms with Crippen LogP contribution in [0.5, 0.6) is 0 Å². The van der Waals surface area contributed by atoms with Gasteiger partial charge >= 0.3 is 0 Å². The van der Waals surface area contributed by atoms with Gasteiger partial charge in [0.15, 0.2) is 0 Å². The molecule has 2 unspecified atom stereocenters. The highest BCUT2D eigenvalue weighted by molar-refractivity contribution is 7.12. The molecule has 8 heteroatoms. The summed E-state index contributed by atoms with van der Waals surface area (Å²) in [5.74, 6) is -1.00. The van der Waals surface area contributed by atoms with Crippen LogP contribution in [0.4, 0.5) is 5.69 Å². The van der Waals surface area contributed by atoms with Crippen molar-refractivity contribution in [2.75, 3.05) is 24.6 Å². The number of amides is 3. The summed E-state index contributed by atoms with van der Waals surface area (Å²) in [6.45, 7) is 4.73. The van der Waals surface area contributed by atoms with Crippen molar-refractivity contribution in [3.8, 4) is 0 Å². The first-order valence-electron chi connectivity index (χ1n) is 12.1. The van der Waals surface area contributed by atoms with Gasteiger partial charge in [-0.25, -0.2) is 0 Å². The summed E-state index contributed by atoms with van der Waals surface area (Å²) in [7, 11) is 0. The van der Waals surface area contributed by atoms with E-state index < -0.39 is 6.04 Å². The zero-order chi connectivity index (χ0) is 25.5. The van der Waals surface area contributed by atoms with E-state index >= 15 is 0 Å². The first kappa shape index (κ1) is 25.6. The van der Waals surface area contributed by atoms with Crippen molar-refractivity contribution in [2.24, 2.45) is 0 Å². The van der Waals surface area contributed by atoms with Gasteiger partial charge in [-0.05, 0) is 67.0 Å². The van der Waals surface area contributed by atoms with Gasteiger partial charge in [-0.2, -0.15) is 0 Å². The molecule has 2 heterocycles. The third-order valence-corrected chi connectivity index (χ3v) is 6.92. The van der Waals surface area contributed by atoms with Crippen LogP contribution in [0.25, 0.3) is 0 Å². The minimum atomic E-state index is -0.917. The topological polar surface area (TPSA) is 87.7 Å². The zero-order valence-corrected chi connectivity index (χ0v) is 21.3. The van der Waals surface area contributed by atoms with Gasteiger partial charge in [0.05, 0.1) is 17.5 Å². The Bertz CT molecular complexity index is 1170. The lowest BCUT2D eigenvalue weighted by Gasteiger charge is -2.32. The van der Waals surface area contributed by atoms with Crippen LogP contribution < -0.4 is 15.5 Å². The van der Waals surface area contributed by atoms with Crippen LogP contribution in [0, 0.1) is 13.8 Å². The number of nitrogens with zero attached hydrogens (tertiary/aromatic N) is 1. The Kier molecular flexibility index (Phi) is 8.51. The molecule has 7 nitrogen and oxygen atoms in total. The average molecular weight is 506 g/mol. The van der Waals surface area contributed by atoms with E-state index in [4.69, 9.17) is 4.74 Å². The average Bonchev–Trinajstić information content (AvgIpc) is 3.59. The molecule has 2 aromatic carbocycles. The second-order valence-electron chi connectivity index (χ2n) is 8.96. The molecule has 1 saturated heterocycles. The molecule has 1 aliphatic heterocycles. The summed E-state index contributed by atoms with van der Waals surface area (Å²) in [5.41, 5.74) is 3.22. The molecule has 0 aliphatic carbocycles. The summed E-state index contributed by atoms with van der Waals surface area (Å²) in [5, 5.41) is 7.52. The molecule has 0 bridgehead atoms. The van der Waals surface area contributed by atoms with E-state index in [1.807, 2.05) is 67.8 Å². The van der Waals surface area contributed by atoms with Crippen LogP contribution in [0.2, 0.25) is 0 Å². The number of nitrogens with one attached hydrogen (secondary N) is 2. The predicted molar refractivity (Wildman–Crippen MR) is 141 cm³/mol. The molecule has 3 aromatic rings. The van der Waals surface area contributed by atoms with Crippen molar-refractivity contribution in [3.63, 3.8) is 0 Å². The molecule has 1 aromatic heterocycles. The maximum Gasteiger partial charge on any atom is 0.261 e. The molecule has 36 heavy (non-hydrogen) atoms. The summed E-state index contributed by atoms with van der Waals surface area (Å²) in [6, 6.07) is 17.6. The fraction of sp³-hybridized carbons (Fsp3) is 0.321. The molecule has 2 atom stereocenters. The van der Waals surface area contributed by atoms with Crippen molar-refractivity contribution < 1.29 is 19.1 Å². The molecule has 1 fully saturated rings. The molecule has 0 radical (unpaired) electrons. The Hall–Kier alpha value is -3.49. The number of benzene rings is 2. The van der Waals surface area contributed by atoms with Crippen molar-refractivity contribution in [1.29, 1.82) is 0 Å². The number of thiophene rings is 1. The van der Waals surface area contributed by atoms with E-state index in [2.05, 4.69) is 10.6 Å². The molecule has 4 rings (SSSR count). The maximum atomic E-state index is 13.7. The number of carbonyl (C=O) groups excluding carboxylic acids is 3. The summed E-state index contributed by atoms with van der Waals surface area (Å²) < 4.78 is 5.67. The van der Waals surface area contributed by atoms with E-state index in [1.54, 1.807) is 12.1 Å². The lowest BCUT2D eigenvalue weighted by molar-refractivity contribution is -0.126. The molecule has 1 aliphatic rings. The lowest BCUT2D eigenvalue weighted by atomic mass is 10.0. The minimum Gasteiger partial charge on any atom is -0.376 e. The van der Waals surface area contributed by atoms with Crippen LogP contribution in [0.3, 0.4) is 0 Å². The van der Waals surface area contributed by atoms with E-state index in [9.17, 15) is 14.4 Å². The molecule has 2 N–H and O–H groups in total. The Labute approximate surface area is 215 Å². The molecule has 3 amide bonds. The number of rotatable bonds is 9. The number of ether oxygens (including phenoxy) is 1. The predicted octanol–water partition coefficient (Wildman–Crippen LogP) is 4.16. The number of hydrogen-bond acceptors (Lipinski definition) is 5. The number of anilines is 1. The monoisotopic (exact) mass is 505 g/mol. The minimum absolute atomic E-state index is 0.0270. The van der Waals surface area contributed by atoms with Gasteiger partial charge in [-0.15, -0.1) is 11.3 Å². The van der Waals surface area contributed by atoms with E-state index in [-0.39, 0.29) is 30.4 Å². The Morgan fingerprint density at radius 1 is 1.03 bits per heavy atom. The van der Waals surface area contributed by atoms with Gasteiger partial charge in [0.25, 0.3) is 5.91 Å². The SMILES string of the molecule is Cc1cc(C)cc(N(C(=O)CNC(=O)c2cccs2)C(C(=O)NCC2CCCO2)c2ccccc2)c1. The standard InChI is InChI=1S/C28H31N3O4S/c1-19-14-20(2)16-22(15-19)31(25(32)18-30-27(33)24-11-7-13-36-24)26(21-8-4-3-5-9-21)28(34)29-17-23-10-6-12-35-23/h3-5,7-9,11,13-16,23,26H,6,10,12,17-18H2,1-2H3,(H,29,34)(H,30,33). The highest BCUT2D eigenvalue weighted by Gasteiger charge is 2.33. The van der Waals surface area contributed by atoms with Gasteiger partial charge in [0, 0.05) is 18.8 Å². The number of hydrogen-bond donors (Lipinski definition) is 2. The van der Waals surface area contributed by atoms with Crippen molar-refractivity contribution in [3.05, 3.63) is 87.6 Å². The Balaban J connectivity index is 1.66. The van der Waals surface area contributed by atoms with Gasteiger partial charge in [0.2, 0.25) is 11.8 Å². The van der Waals surface area contributed by atoms with Gasteiger partial charge in [-0.1, -0.05) is 42.5 Å². The molecule has 188 valence electrons. The van der Waals surface area contributed by atoms with Crippen molar-refractivity contribution in [2.45, 2.75) is 38.8 Å². The molecular weight excluding hydrogens is 474 g/mol. The molecule has 0 saturated carbocycles. The van der Waals surface area contributed by atoms with Gasteiger partial charge < -0.3 is 15.4 Å². The second kappa shape index (κ2) is 12.0. The van der Waals surface area contributed by atoms with Crippen LogP contribution in [-0.2, 0) is 14.3 Å². The summed E-state index contributed by atoms with van der Waals surface area (Å²) in [4.78, 5) is 42.0. The second-order valence-corrected chi connectivity index (χ2v) is 9.91. The third-order valence-electron chi connectivity index (χ3n) is 6.05. The fourth-order valence-corrected chi connectivity index (χ4v) is 5.07. The first-order chi connectivity index (χ1) is 17.4. The van der Waals surface area contributed by atoms with Crippen molar-refractivity contribution in [1.82, 2.24) is 10.6 Å². The normalized spacial score (nSPS) is 15.8. The van der Waals surface area contributed by atoms with Crippen LogP contribution in [-0.4, -0.2) is 43.5 Å². The molecular formula is C28H31N3O4S. The Morgan fingerprint density at radius 3 is 2.42 bits per heavy atom. The van der Waals surface area contributed by atoms with Crippen LogP contribution in [0.15, 0.2) is 66.0 Å². The fourth-order valence-electron chi connectivity index (χ4n) is 4.43. The number of carbonyl (C=O) groups is 3. The highest BCUT2D eigenvalue weighted by atomic mass is 32.1. The lowest BCUT2D eigenvalue weighted by Crippen LogP contribution is -2.48. The van der Waals surface area contributed by atoms with Crippen molar-refractivity contribution >= 4 is 34.7 Å². The van der Waals surface area contributed by atoms with Gasteiger partial charge in [-0.3, -0.25) is 19.3 Å². The van der Waals surface area contributed by atoms with E-state index in [0.29, 0.717) is 29.3 Å². The first-order valence-corrected chi connectivity index (χ1v) is 13.0. The zero-order valence-electron chi connectivity index (χ0n) is 20.5. The Morgan fingerprint density at radius 2 is 1.78 bits per heavy atom. The van der Waals surface area contributed by atoms with Gasteiger partial charge in [0.1, 0.15) is 6.04 Å². The van der Waals surface area contributed by atoms with Crippen LogP contribution >= 0.6 is 11.3 Å². The summed E-state index contributed by atoms with van der Waals surface area (Å²) >= 11 is 1.31. The largest absolute Gasteiger partial charge is 0.376 e. The molecule has 0 spiro atoms. The van der Waals surface area contributed by atoms with E-state index in [1.165, 1.54) is 16.2 Å². The quantitative estimate of drug-likeness (QED) is 0.457. The summed E-state index contributed by atoms with van der Waals surface area (Å²) in [6.07, 6.45) is 1.84. The highest BCUT2D eigenvalue weighted by Crippen LogP contribution is 2.30. The smallest absolute Gasteiger partial charge is 0.261 e. The van der Waals surface area contributed by atoms with Crippen LogP contribution in [0.1, 0.15) is 45.2 Å². The maximum absolute atomic E-state index is 13.7.